The molecule has 0 fully saturated rings. The van der Waals surface area contributed by atoms with Gasteiger partial charge in [-0.25, -0.2) is 24.9 Å². The van der Waals surface area contributed by atoms with Crippen molar-refractivity contribution in [3.63, 3.8) is 0 Å². The Kier molecular flexibility index (Phi) is 16.5. The van der Waals surface area contributed by atoms with Gasteiger partial charge in [-0.3, -0.25) is 0 Å². The number of para-hydroxylation sites is 1. The summed E-state index contributed by atoms with van der Waals surface area (Å²) in [5, 5.41) is 2.38. The van der Waals surface area contributed by atoms with Crippen molar-refractivity contribution in [3.05, 3.63) is 190 Å². The third-order valence-corrected chi connectivity index (χ3v) is 18.4. The largest absolute Gasteiger partial charge is 0.309 e. The Bertz CT molecular complexity index is 4120. The van der Waals surface area contributed by atoms with E-state index in [9.17, 15) is 0 Å². The van der Waals surface area contributed by atoms with Crippen molar-refractivity contribution in [3.8, 4) is 73.8 Å². The molecule has 0 aliphatic heterocycles. The van der Waals surface area contributed by atoms with E-state index in [1.807, 2.05) is 0 Å². The Labute approximate surface area is 547 Å². The number of nitrogens with zero attached hydrogens (tertiary/aromatic N) is 6. The molecule has 6 heteroatoms. The van der Waals surface area contributed by atoms with Crippen LogP contribution < -0.4 is 0 Å². The molecule has 0 amide bonds. The molecule has 0 unspecified atom stereocenters. The van der Waals surface area contributed by atoms with Gasteiger partial charge >= 0.3 is 0 Å². The first-order chi connectivity index (χ1) is 41.7. The number of rotatable bonds is 7. The van der Waals surface area contributed by atoms with Crippen molar-refractivity contribution in [1.82, 2.24) is 29.5 Å². The van der Waals surface area contributed by atoms with Crippen LogP contribution in [0.5, 0.6) is 0 Å². The van der Waals surface area contributed by atoms with E-state index in [0.29, 0.717) is 23.3 Å². The molecule has 7 aromatic carbocycles. The standard InChI is InChI=1S/C85H104N6/c1-77(2,3)56-33-35-71-66(49-56)65-30-28-29-31-70(65)91(71)72-34-32-51(68-50-69(52-36-57(78(4,5)6)45-58(37-52)79(7,8)9)87-73(86-68)53-38-59(80(10,11)12)46-60(39-53)81(13,14)15)44-67(72)76-89-74(54-40-61(82(16,17)18)47-62(41-54)83(19,20)21)88-75(90-76)55-42-63(84(22,23)24)48-64(43-55)85(25,26)27/h28-50H,1-27H3. The lowest BCUT2D eigenvalue weighted by atomic mass is 9.79. The summed E-state index contributed by atoms with van der Waals surface area (Å²) in [5.41, 5.74) is 20.6. The third kappa shape index (κ3) is 14.0. The highest BCUT2D eigenvalue weighted by molar-refractivity contribution is 6.10. The molecule has 6 nitrogen and oxygen atoms in total. The monoisotopic (exact) mass is 1210 g/mol. The average Bonchev–Trinajstić information content (AvgIpc) is 1.64. The first-order valence-electron chi connectivity index (χ1n) is 33.2. The van der Waals surface area contributed by atoms with Gasteiger partial charge in [-0.05, 0) is 184 Å². The number of hydrogen-bond donors (Lipinski definition) is 0. The minimum Gasteiger partial charge on any atom is -0.309 e. The number of benzene rings is 7. The smallest absolute Gasteiger partial charge is 0.166 e. The zero-order valence-corrected chi connectivity index (χ0v) is 60.5. The molecule has 0 aliphatic carbocycles. The first kappa shape index (κ1) is 66.4. The fourth-order valence-electron chi connectivity index (χ4n) is 11.9. The number of aromatic nitrogens is 6. The molecular formula is C85H104N6. The summed E-state index contributed by atoms with van der Waals surface area (Å²) >= 11 is 0. The Morgan fingerprint density at radius 1 is 0.231 bits per heavy atom. The molecule has 0 bridgehead atoms. The number of fused-ring (bicyclic) bond motifs is 3. The lowest BCUT2D eigenvalue weighted by Crippen LogP contribution is -2.17. The topological polar surface area (TPSA) is 69.4 Å². The lowest BCUT2D eigenvalue weighted by Gasteiger charge is -2.27. The molecule has 3 heterocycles. The quantitative estimate of drug-likeness (QED) is 0.159. The van der Waals surface area contributed by atoms with Crippen molar-refractivity contribution < 1.29 is 0 Å². The molecule has 474 valence electrons. The van der Waals surface area contributed by atoms with Crippen molar-refractivity contribution >= 4 is 21.8 Å². The minimum absolute atomic E-state index is 0.0593. The van der Waals surface area contributed by atoms with Gasteiger partial charge in [-0.1, -0.05) is 242 Å². The molecule has 0 atom stereocenters. The highest BCUT2D eigenvalue weighted by atomic mass is 15.1. The predicted octanol–water partition coefficient (Wildman–Crippen LogP) is 23.4. The van der Waals surface area contributed by atoms with E-state index in [4.69, 9.17) is 24.9 Å². The van der Waals surface area contributed by atoms with Gasteiger partial charge in [0.1, 0.15) is 0 Å². The molecule has 0 saturated carbocycles. The zero-order valence-electron chi connectivity index (χ0n) is 60.5. The Balaban J connectivity index is 1.38. The fraction of sp³-hybridized carbons (Fsp3) is 0.424. The van der Waals surface area contributed by atoms with Crippen LogP contribution in [0.1, 0.15) is 237 Å². The van der Waals surface area contributed by atoms with Crippen molar-refractivity contribution in [2.45, 2.75) is 236 Å². The molecule has 0 radical (unpaired) electrons. The molecule has 0 aliphatic rings. The van der Waals surface area contributed by atoms with Crippen LogP contribution >= 0.6 is 0 Å². The van der Waals surface area contributed by atoms with Crippen LogP contribution in [-0.2, 0) is 48.7 Å². The van der Waals surface area contributed by atoms with Gasteiger partial charge in [0, 0.05) is 44.2 Å². The molecule has 0 N–H and O–H groups in total. The zero-order chi connectivity index (χ0) is 66.9. The number of hydrogen-bond acceptors (Lipinski definition) is 5. The lowest BCUT2D eigenvalue weighted by molar-refractivity contribution is 0.568. The molecule has 10 aromatic rings. The molecule has 0 saturated heterocycles. The van der Waals surface area contributed by atoms with E-state index in [-0.39, 0.29) is 48.7 Å². The van der Waals surface area contributed by atoms with Gasteiger partial charge in [0.25, 0.3) is 0 Å². The summed E-state index contributed by atoms with van der Waals surface area (Å²) in [6, 6.07) is 53.0. The maximum absolute atomic E-state index is 5.79. The van der Waals surface area contributed by atoms with Crippen LogP contribution in [0.4, 0.5) is 0 Å². The van der Waals surface area contributed by atoms with Crippen LogP contribution in [0, 0.1) is 0 Å². The molecule has 91 heavy (non-hydrogen) atoms. The van der Waals surface area contributed by atoms with Gasteiger partial charge in [0.05, 0.1) is 28.1 Å². The summed E-state index contributed by atoms with van der Waals surface area (Å²) in [7, 11) is 0. The van der Waals surface area contributed by atoms with Crippen molar-refractivity contribution in [2.75, 3.05) is 0 Å². The van der Waals surface area contributed by atoms with Gasteiger partial charge in [0.15, 0.2) is 23.3 Å². The second kappa shape index (κ2) is 22.6. The van der Waals surface area contributed by atoms with Crippen LogP contribution in [0.2, 0.25) is 0 Å². The second-order valence-corrected chi connectivity index (χ2v) is 35.5. The molecule has 10 rings (SSSR count). The summed E-state index contributed by atoms with van der Waals surface area (Å²) in [5.74, 6) is 2.49. The maximum atomic E-state index is 5.79. The first-order valence-corrected chi connectivity index (χ1v) is 33.2. The van der Waals surface area contributed by atoms with E-state index in [1.165, 1.54) is 60.8 Å². The van der Waals surface area contributed by atoms with E-state index in [0.717, 1.165) is 61.5 Å². The summed E-state index contributed by atoms with van der Waals surface area (Å²) in [6.45, 7) is 62.0. The van der Waals surface area contributed by atoms with E-state index in [1.54, 1.807) is 0 Å². The Morgan fingerprint density at radius 2 is 0.549 bits per heavy atom. The third-order valence-electron chi connectivity index (χ3n) is 18.4. The predicted molar refractivity (Wildman–Crippen MR) is 391 cm³/mol. The summed E-state index contributed by atoms with van der Waals surface area (Å²) in [6.07, 6.45) is 0. The molecule has 3 aromatic heterocycles. The van der Waals surface area contributed by atoms with Gasteiger partial charge in [-0.2, -0.15) is 0 Å². The van der Waals surface area contributed by atoms with E-state index in [2.05, 4.69) is 331 Å². The van der Waals surface area contributed by atoms with E-state index < -0.39 is 0 Å². The highest BCUT2D eigenvalue weighted by Crippen LogP contribution is 2.44. The van der Waals surface area contributed by atoms with Crippen molar-refractivity contribution in [1.29, 1.82) is 0 Å². The molecule has 0 spiro atoms. The minimum atomic E-state index is -0.151. The fourth-order valence-corrected chi connectivity index (χ4v) is 11.9. The SMILES string of the molecule is CC(C)(C)c1cc(-c2cc(-c3ccc(-n4c5ccccc5c5cc(C(C)(C)C)ccc54)c(-c4nc(-c5cc(C(C)(C)C)cc(C(C)(C)C)c5)nc(-c5cc(C(C)(C)C)cc(C(C)(C)C)c5)n4)c3)nc(-c3cc(C(C)(C)C)cc(C(C)(C)C)c3)n2)cc(C(C)(C)C)c1. The van der Waals surface area contributed by atoms with Gasteiger partial charge in [-0.15, -0.1) is 0 Å². The molecular weight excluding hydrogens is 1100 g/mol. The van der Waals surface area contributed by atoms with E-state index >= 15 is 0 Å². The van der Waals surface area contributed by atoms with Gasteiger partial charge < -0.3 is 4.57 Å². The second-order valence-electron chi connectivity index (χ2n) is 35.5. The maximum Gasteiger partial charge on any atom is 0.166 e. The Hall–Kier alpha value is -7.57. The van der Waals surface area contributed by atoms with Crippen molar-refractivity contribution in [2.24, 2.45) is 0 Å². The Morgan fingerprint density at radius 3 is 0.923 bits per heavy atom. The summed E-state index contributed by atoms with van der Waals surface area (Å²) < 4.78 is 2.43. The average molecular weight is 1210 g/mol. The highest BCUT2D eigenvalue weighted by Gasteiger charge is 2.30. The normalized spacial score (nSPS) is 13.4. The van der Waals surface area contributed by atoms with Crippen LogP contribution in [-0.4, -0.2) is 29.5 Å². The summed E-state index contributed by atoms with van der Waals surface area (Å²) in [4.78, 5) is 28.6. The van der Waals surface area contributed by atoms with Crippen LogP contribution in [0.15, 0.2) is 140 Å². The van der Waals surface area contributed by atoms with Crippen LogP contribution in [0.3, 0.4) is 0 Å². The van der Waals surface area contributed by atoms with Crippen LogP contribution in [0.25, 0.3) is 95.6 Å². The van der Waals surface area contributed by atoms with Gasteiger partial charge in [0.2, 0.25) is 0 Å².